The van der Waals surface area contributed by atoms with Crippen molar-refractivity contribution in [3.8, 4) is 0 Å². The second-order valence-corrected chi connectivity index (χ2v) is 6.34. The van der Waals surface area contributed by atoms with E-state index >= 15 is 0 Å². The number of fused-ring (bicyclic) bond motifs is 1. The molecule has 0 saturated heterocycles. The van der Waals surface area contributed by atoms with Gasteiger partial charge in [0.2, 0.25) is 0 Å². The molecule has 2 aromatic carbocycles. The van der Waals surface area contributed by atoms with Gasteiger partial charge >= 0.3 is 0 Å². The van der Waals surface area contributed by atoms with Crippen molar-refractivity contribution in [1.82, 2.24) is 0 Å². The molecule has 0 amide bonds. The first-order valence-corrected chi connectivity index (χ1v) is 7.56. The Morgan fingerprint density at radius 1 is 0.684 bits per heavy atom. The van der Waals surface area contributed by atoms with Gasteiger partial charge in [-0.25, -0.2) is 0 Å². The molecule has 0 fully saturated rings. The Hall–Kier alpha value is -0.986. The third kappa shape index (κ3) is 3.13. The van der Waals surface area contributed by atoms with Gasteiger partial charge in [-0.2, -0.15) is 16.8 Å². The molecule has 0 heterocycles. The van der Waals surface area contributed by atoms with Crippen LogP contribution in [0.4, 0.5) is 0 Å². The van der Waals surface area contributed by atoms with E-state index in [1.807, 2.05) is 0 Å². The summed E-state index contributed by atoms with van der Waals surface area (Å²) in [4.78, 5) is -0.823. The Morgan fingerprint density at radius 3 is 1.26 bits per heavy atom. The van der Waals surface area contributed by atoms with Crippen molar-refractivity contribution in [3.05, 3.63) is 36.4 Å². The van der Waals surface area contributed by atoms with Crippen molar-refractivity contribution in [3.63, 3.8) is 0 Å². The van der Waals surface area contributed by atoms with Gasteiger partial charge in [0.05, 0.1) is 0 Å². The monoisotopic (exact) mass is 346 g/mol. The summed E-state index contributed by atoms with van der Waals surface area (Å²) >= 11 is 0. The molecular formula is C10H8NiO6S2. The number of benzene rings is 2. The van der Waals surface area contributed by atoms with Crippen molar-refractivity contribution in [2.24, 2.45) is 0 Å². The maximum atomic E-state index is 11.2. The van der Waals surface area contributed by atoms with Crippen molar-refractivity contribution >= 4 is 31.0 Å². The standard InChI is InChI=1S/C10H8O6S2.Ni/c11-17(12,13)9-5-1-3-7-8(9)4-2-6-10(7)18(14,15)16;/h1-6H,(H,11,12,13)(H,14,15,16);. The average molecular weight is 347 g/mol. The van der Waals surface area contributed by atoms with Gasteiger partial charge < -0.3 is 0 Å². The maximum Gasteiger partial charge on any atom is 0.295 e. The van der Waals surface area contributed by atoms with E-state index in [2.05, 4.69) is 0 Å². The minimum absolute atomic E-state index is 0. The van der Waals surface area contributed by atoms with Crippen LogP contribution in [0.2, 0.25) is 0 Å². The van der Waals surface area contributed by atoms with Crippen LogP contribution >= 0.6 is 0 Å². The predicted octanol–water partition coefficient (Wildman–Crippen LogP) is 1.33. The first kappa shape index (κ1) is 16.1. The summed E-state index contributed by atoms with van der Waals surface area (Å²) in [6.07, 6.45) is 0. The summed E-state index contributed by atoms with van der Waals surface area (Å²) in [5, 5.41) is 0.0465. The summed E-state index contributed by atoms with van der Waals surface area (Å²) in [7, 11) is -8.94. The van der Waals surface area contributed by atoms with Crippen LogP contribution in [0.1, 0.15) is 0 Å². The van der Waals surface area contributed by atoms with Crippen molar-refractivity contribution in [1.29, 1.82) is 0 Å². The van der Waals surface area contributed by atoms with E-state index in [1.54, 1.807) is 0 Å². The van der Waals surface area contributed by atoms with Crippen LogP contribution in [0.25, 0.3) is 10.8 Å². The molecule has 0 aliphatic carbocycles. The normalized spacial score (nSPS) is 12.1. The second-order valence-electron chi connectivity index (χ2n) is 3.56. The largest absolute Gasteiger partial charge is 0.295 e. The van der Waals surface area contributed by atoms with Crippen molar-refractivity contribution in [2.75, 3.05) is 0 Å². The smallest absolute Gasteiger partial charge is 0.282 e. The number of rotatable bonds is 2. The Morgan fingerprint density at radius 2 is 1.00 bits per heavy atom. The third-order valence-electron chi connectivity index (χ3n) is 2.40. The molecule has 2 aromatic rings. The van der Waals surface area contributed by atoms with Gasteiger partial charge in [-0.1, -0.05) is 24.3 Å². The Kier molecular flexibility index (Phi) is 4.38. The van der Waals surface area contributed by atoms with Gasteiger partial charge in [0, 0.05) is 27.3 Å². The summed E-state index contributed by atoms with van der Waals surface area (Å²) in [5.41, 5.74) is 0. The molecule has 19 heavy (non-hydrogen) atoms. The zero-order chi connectivity index (χ0) is 13.6. The van der Waals surface area contributed by atoms with Crippen LogP contribution < -0.4 is 0 Å². The summed E-state index contributed by atoms with van der Waals surface area (Å²) < 4.78 is 62.7. The molecule has 0 bridgehead atoms. The fourth-order valence-corrected chi connectivity index (χ4v) is 3.12. The summed E-state index contributed by atoms with van der Waals surface area (Å²) in [6, 6.07) is 7.53. The zero-order valence-electron chi connectivity index (χ0n) is 9.12. The topological polar surface area (TPSA) is 109 Å². The molecule has 6 nitrogen and oxygen atoms in total. The van der Waals surface area contributed by atoms with Crippen LogP contribution in [-0.2, 0) is 36.7 Å². The van der Waals surface area contributed by atoms with Crippen LogP contribution in [0.5, 0.6) is 0 Å². The molecule has 9 heteroatoms. The van der Waals surface area contributed by atoms with E-state index in [0.717, 1.165) is 12.1 Å². The molecule has 0 atom stereocenters. The molecule has 0 aliphatic rings. The molecule has 2 N–H and O–H groups in total. The molecule has 0 unspecified atom stereocenters. The van der Waals surface area contributed by atoms with Crippen LogP contribution in [0.15, 0.2) is 46.2 Å². The quantitative estimate of drug-likeness (QED) is 0.627. The second kappa shape index (κ2) is 5.18. The molecule has 2 rings (SSSR count). The van der Waals surface area contributed by atoms with Crippen LogP contribution in [-0.4, -0.2) is 25.9 Å². The van der Waals surface area contributed by atoms with E-state index < -0.39 is 30.0 Å². The molecule has 106 valence electrons. The Labute approximate surface area is 119 Å². The van der Waals surface area contributed by atoms with Gasteiger partial charge in [-0.15, -0.1) is 0 Å². The van der Waals surface area contributed by atoms with Crippen LogP contribution in [0, 0.1) is 0 Å². The van der Waals surface area contributed by atoms with E-state index in [-0.39, 0.29) is 27.3 Å². The average Bonchev–Trinajstić information content (AvgIpc) is 2.24. The van der Waals surface area contributed by atoms with Gasteiger partial charge in [-0.3, -0.25) is 9.11 Å². The Bertz CT molecular complexity index is 755. The zero-order valence-corrected chi connectivity index (χ0v) is 11.7. The predicted molar refractivity (Wildman–Crippen MR) is 63.6 cm³/mol. The fourth-order valence-electron chi connectivity index (χ4n) is 1.70. The number of hydrogen-bond acceptors (Lipinski definition) is 4. The molecule has 0 radical (unpaired) electrons. The minimum atomic E-state index is -4.47. The molecule has 0 aromatic heterocycles. The van der Waals surface area contributed by atoms with E-state index in [1.165, 1.54) is 24.3 Å². The molecule has 0 aliphatic heterocycles. The first-order valence-electron chi connectivity index (χ1n) is 4.68. The first-order chi connectivity index (χ1) is 8.21. The maximum absolute atomic E-state index is 11.2. The minimum Gasteiger partial charge on any atom is -0.282 e. The molecular weight excluding hydrogens is 339 g/mol. The Balaban J connectivity index is 0.00000180. The third-order valence-corrected chi connectivity index (χ3v) is 4.22. The van der Waals surface area contributed by atoms with E-state index in [9.17, 15) is 16.8 Å². The van der Waals surface area contributed by atoms with Gasteiger partial charge in [0.15, 0.2) is 0 Å². The van der Waals surface area contributed by atoms with E-state index in [4.69, 9.17) is 9.11 Å². The molecule has 0 spiro atoms. The SMILES string of the molecule is O=S(=O)(O)c1cccc2c(S(=O)(=O)O)cccc12.[Ni]. The number of hydrogen-bond donors (Lipinski definition) is 2. The van der Waals surface area contributed by atoms with Gasteiger partial charge in [0.25, 0.3) is 20.2 Å². The van der Waals surface area contributed by atoms with Gasteiger partial charge in [-0.05, 0) is 12.1 Å². The fraction of sp³-hybridized carbons (Fsp3) is 0. The van der Waals surface area contributed by atoms with Crippen LogP contribution in [0.3, 0.4) is 0 Å². The molecule has 0 saturated carbocycles. The van der Waals surface area contributed by atoms with Crippen molar-refractivity contribution < 1.29 is 42.4 Å². The summed E-state index contributed by atoms with van der Waals surface area (Å²) in [6.45, 7) is 0. The van der Waals surface area contributed by atoms with Crippen molar-refractivity contribution in [2.45, 2.75) is 9.79 Å². The summed E-state index contributed by atoms with van der Waals surface area (Å²) in [5.74, 6) is 0. The van der Waals surface area contributed by atoms with E-state index in [0.29, 0.717) is 0 Å². The van der Waals surface area contributed by atoms with Gasteiger partial charge in [0.1, 0.15) is 9.79 Å².